The molecule has 3 unspecified atom stereocenters. The Labute approximate surface area is 372 Å². The van der Waals surface area contributed by atoms with Gasteiger partial charge in [0.1, 0.15) is 0 Å². The summed E-state index contributed by atoms with van der Waals surface area (Å²) in [6, 6.07) is 85.9. The van der Waals surface area contributed by atoms with Crippen LogP contribution in [0.1, 0.15) is 59.4 Å². The third-order valence-electron chi connectivity index (χ3n) is 14.7. The van der Waals surface area contributed by atoms with Gasteiger partial charge >= 0.3 is 0 Å². The maximum Gasteiger partial charge on any atom is 0.0714 e. The molecule has 3 aliphatic rings. The molecule has 0 aromatic heterocycles. The molecule has 2 bridgehead atoms. The first-order valence-electron chi connectivity index (χ1n) is 22.8. The zero-order chi connectivity index (χ0) is 41.7. The molecule has 2 fully saturated rings. The lowest BCUT2D eigenvalue weighted by Crippen LogP contribution is -2.28. The van der Waals surface area contributed by atoms with Gasteiger partial charge in [-0.25, -0.2) is 0 Å². The van der Waals surface area contributed by atoms with E-state index in [1.54, 1.807) is 0 Å². The van der Waals surface area contributed by atoms with Crippen LogP contribution in [0.25, 0.3) is 44.5 Å². The van der Waals surface area contributed by atoms with Gasteiger partial charge in [0.15, 0.2) is 0 Å². The molecule has 1 nitrogen and oxygen atoms in total. The molecule has 0 saturated heterocycles. The van der Waals surface area contributed by atoms with Gasteiger partial charge in [0.2, 0.25) is 0 Å². The van der Waals surface area contributed by atoms with Crippen LogP contribution in [-0.2, 0) is 5.41 Å². The zero-order valence-corrected chi connectivity index (χ0v) is 35.4. The molecule has 0 aliphatic heterocycles. The van der Waals surface area contributed by atoms with Crippen LogP contribution in [-0.4, -0.2) is 0 Å². The van der Waals surface area contributed by atoms with E-state index in [2.05, 4.69) is 235 Å². The Morgan fingerprint density at radius 1 is 0.365 bits per heavy atom. The van der Waals surface area contributed by atoms with E-state index in [4.69, 9.17) is 0 Å². The van der Waals surface area contributed by atoms with E-state index in [9.17, 15) is 0 Å². The first-order chi connectivity index (χ1) is 31.2. The van der Waals surface area contributed by atoms with Crippen molar-refractivity contribution in [3.05, 3.63) is 258 Å². The highest BCUT2D eigenvalue weighted by Crippen LogP contribution is 2.59. The Morgan fingerprint density at radius 3 is 1.44 bits per heavy atom. The summed E-state index contributed by atoms with van der Waals surface area (Å²) < 4.78 is 0. The van der Waals surface area contributed by atoms with Crippen molar-refractivity contribution >= 4 is 17.1 Å². The Balaban J connectivity index is 1.06. The molecule has 1 heteroatoms. The summed E-state index contributed by atoms with van der Waals surface area (Å²) in [7, 11) is 0. The molecule has 0 amide bonds. The van der Waals surface area contributed by atoms with E-state index in [1.165, 1.54) is 104 Å². The summed E-state index contributed by atoms with van der Waals surface area (Å²) in [5.74, 6) is 2.44. The standard InChI is InChI=1S/C62H49N/c1-5-16-44(17-6-1)54-24-13-14-25-55(54)46-30-34-51(35-31-46)63(52-36-32-47(33-37-52)58-41-43-28-29-48(58)40-43)53-38-39-57-60(42-53)62(49-20-9-3-10-21-49,50-22-11-4-12-23-50)59-27-15-26-56(61(57)59)45-18-7-2-8-19-45/h1-27,30-39,42-43,48,58H,28-29,40-41H2. The fraction of sp³-hybridized carbons (Fsp3) is 0.129. The summed E-state index contributed by atoms with van der Waals surface area (Å²) in [6.45, 7) is 0. The van der Waals surface area contributed by atoms with Gasteiger partial charge in [-0.2, -0.15) is 0 Å². The van der Waals surface area contributed by atoms with Gasteiger partial charge in [0.05, 0.1) is 5.41 Å². The Bertz CT molecular complexity index is 3000. The van der Waals surface area contributed by atoms with E-state index in [0.29, 0.717) is 5.92 Å². The molecule has 0 radical (unpaired) electrons. The second-order valence-electron chi connectivity index (χ2n) is 18.0. The van der Waals surface area contributed by atoms with Crippen molar-refractivity contribution in [2.45, 2.75) is 37.0 Å². The highest BCUT2D eigenvalue weighted by Gasteiger charge is 2.47. The predicted octanol–water partition coefficient (Wildman–Crippen LogP) is 16.4. The number of fused-ring (bicyclic) bond motifs is 5. The molecule has 63 heavy (non-hydrogen) atoms. The van der Waals surface area contributed by atoms with Crippen LogP contribution in [0.4, 0.5) is 17.1 Å². The highest BCUT2D eigenvalue weighted by molar-refractivity contribution is 5.97. The average Bonchev–Trinajstić information content (AvgIpc) is 4.09. The lowest BCUT2D eigenvalue weighted by atomic mass is 9.67. The van der Waals surface area contributed by atoms with Gasteiger partial charge < -0.3 is 4.90 Å². The van der Waals surface area contributed by atoms with Gasteiger partial charge in [0.25, 0.3) is 0 Å². The minimum absolute atomic E-state index is 0.545. The third kappa shape index (κ3) is 6.29. The fourth-order valence-electron chi connectivity index (χ4n) is 11.9. The highest BCUT2D eigenvalue weighted by atomic mass is 15.1. The summed E-state index contributed by atoms with van der Waals surface area (Å²) >= 11 is 0. The minimum atomic E-state index is -0.545. The first kappa shape index (κ1) is 37.5. The molecule has 0 heterocycles. The van der Waals surface area contributed by atoms with Crippen molar-refractivity contribution in [1.82, 2.24) is 0 Å². The lowest BCUT2D eigenvalue weighted by molar-refractivity contribution is 0.420. The second-order valence-corrected chi connectivity index (χ2v) is 18.0. The van der Waals surface area contributed by atoms with Gasteiger partial charge in [-0.3, -0.25) is 0 Å². The first-order valence-corrected chi connectivity index (χ1v) is 22.8. The van der Waals surface area contributed by atoms with Crippen LogP contribution in [0, 0.1) is 11.8 Å². The van der Waals surface area contributed by atoms with Crippen molar-refractivity contribution in [1.29, 1.82) is 0 Å². The molecule has 0 N–H and O–H groups in total. The Kier molecular flexibility index (Phi) is 9.29. The maximum absolute atomic E-state index is 2.51. The van der Waals surface area contributed by atoms with Gasteiger partial charge in [-0.15, -0.1) is 0 Å². The largest absolute Gasteiger partial charge is 0.310 e. The molecular formula is C62H49N. The third-order valence-corrected chi connectivity index (χ3v) is 14.7. The maximum atomic E-state index is 2.51. The number of nitrogens with zero attached hydrogens (tertiary/aromatic N) is 1. The van der Waals surface area contributed by atoms with Crippen LogP contribution in [0.15, 0.2) is 231 Å². The second kappa shape index (κ2) is 15.6. The number of rotatable bonds is 9. The van der Waals surface area contributed by atoms with E-state index >= 15 is 0 Å². The van der Waals surface area contributed by atoms with Crippen molar-refractivity contribution < 1.29 is 0 Å². The van der Waals surface area contributed by atoms with Crippen LogP contribution < -0.4 is 4.90 Å². The topological polar surface area (TPSA) is 3.24 Å². The van der Waals surface area contributed by atoms with Crippen molar-refractivity contribution in [3.8, 4) is 44.5 Å². The molecule has 3 aliphatic carbocycles. The summed E-state index contributed by atoms with van der Waals surface area (Å²) in [6.07, 6.45) is 5.56. The van der Waals surface area contributed by atoms with Gasteiger partial charge in [0, 0.05) is 17.1 Å². The van der Waals surface area contributed by atoms with Gasteiger partial charge in [-0.1, -0.05) is 201 Å². The van der Waals surface area contributed by atoms with Crippen LogP contribution in [0.5, 0.6) is 0 Å². The van der Waals surface area contributed by atoms with E-state index in [-0.39, 0.29) is 0 Å². The van der Waals surface area contributed by atoms with Crippen LogP contribution in [0.3, 0.4) is 0 Å². The van der Waals surface area contributed by atoms with E-state index in [0.717, 1.165) is 23.2 Å². The summed E-state index contributed by atoms with van der Waals surface area (Å²) in [5, 5.41) is 0. The van der Waals surface area contributed by atoms with Crippen LogP contribution >= 0.6 is 0 Å². The van der Waals surface area contributed by atoms with Crippen LogP contribution in [0.2, 0.25) is 0 Å². The van der Waals surface area contributed by atoms with Crippen molar-refractivity contribution in [2.75, 3.05) is 4.90 Å². The van der Waals surface area contributed by atoms with E-state index < -0.39 is 5.41 Å². The SMILES string of the molecule is c1ccc(-c2ccccc2-c2ccc(N(c3ccc(C4CC5CCC4C5)cc3)c3ccc4c(c3)C(c3ccccc3)(c3ccccc3)c3cccc(-c5ccccc5)c3-4)cc2)cc1. The molecule has 3 atom stereocenters. The van der Waals surface area contributed by atoms with Gasteiger partial charge in [-0.05, 0) is 146 Å². The molecule has 12 rings (SSSR count). The molecular weight excluding hydrogens is 759 g/mol. The number of benzene rings is 9. The van der Waals surface area contributed by atoms with Crippen molar-refractivity contribution in [2.24, 2.45) is 11.8 Å². The molecule has 2 saturated carbocycles. The lowest BCUT2D eigenvalue weighted by Gasteiger charge is -2.35. The number of hydrogen-bond donors (Lipinski definition) is 0. The van der Waals surface area contributed by atoms with E-state index in [1.807, 2.05) is 0 Å². The zero-order valence-electron chi connectivity index (χ0n) is 35.4. The molecule has 9 aromatic rings. The monoisotopic (exact) mass is 807 g/mol. The quantitative estimate of drug-likeness (QED) is 0.140. The minimum Gasteiger partial charge on any atom is -0.310 e. The Hall–Kier alpha value is -7.22. The normalized spacial score (nSPS) is 17.9. The molecule has 0 spiro atoms. The molecule has 302 valence electrons. The number of anilines is 3. The summed E-state index contributed by atoms with van der Waals surface area (Å²) in [5.41, 5.74) is 19.5. The summed E-state index contributed by atoms with van der Waals surface area (Å²) in [4.78, 5) is 2.49. The molecule has 9 aromatic carbocycles. The average molecular weight is 808 g/mol. The smallest absolute Gasteiger partial charge is 0.0714 e. The Morgan fingerprint density at radius 2 is 0.873 bits per heavy atom. The predicted molar refractivity (Wildman–Crippen MR) is 263 cm³/mol. The number of hydrogen-bond acceptors (Lipinski definition) is 1. The fourth-order valence-corrected chi connectivity index (χ4v) is 11.9. The van der Waals surface area contributed by atoms with Crippen molar-refractivity contribution in [3.63, 3.8) is 0 Å².